The van der Waals surface area contributed by atoms with Gasteiger partial charge in [0.15, 0.2) is 5.78 Å². The number of carbonyl (C=O) groups is 1. The Balaban J connectivity index is 3.84. The van der Waals surface area contributed by atoms with E-state index < -0.39 is 0 Å². The predicted octanol–water partition coefficient (Wildman–Crippen LogP) is 0.965. The molecule has 1 atom stereocenters. The minimum Gasteiger partial charge on any atom is -0.377 e. The van der Waals surface area contributed by atoms with Gasteiger partial charge < -0.3 is 10.5 Å². The smallest absolute Gasteiger partial charge is 0.160 e. The highest BCUT2D eigenvalue weighted by molar-refractivity contribution is 5.80. The van der Waals surface area contributed by atoms with E-state index in [0.29, 0.717) is 6.42 Å². The van der Waals surface area contributed by atoms with Crippen LogP contribution >= 0.6 is 0 Å². The van der Waals surface area contributed by atoms with Gasteiger partial charge in [-0.1, -0.05) is 20.8 Å². The Labute approximate surface area is 74.3 Å². The maximum Gasteiger partial charge on any atom is 0.160 e. The van der Waals surface area contributed by atoms with E-state index >= 15 is 0 Å². The van der Waals surface area contributed by atoms with Crippen molar-refractivity contribution in [2.45, 2.75) is 33.2 Å². The first-order valence-corrected chi connectivity index (χ1v) is 4.14. The van der Waals surface area contributed by atoms with Crippen LogP contribution in [-0.4, -0.2) is 25.5 Å². The molecule has 0 fully saturated rings. The van der Waals surface area contributed by atoms with Crippen molar-refractivity contribution in [1.82, 2.24) is 0 Å². The molecule has 1 unspecified atom stereocenters. The Morgan fingerprint density at radius 3 is 2.33 bits per heavy atom. The highest BCUT2D eigenvalue weighted by atomic mass is 16.5. The van der Waals surface area contributed by atoms with Crippen molar-refractivity contribution in [2.75, 3.05) is 13.7 Å². The molecular weight excluding hydrogens is 154 g/mol. The van der Waals surface area contributed by atoms with Gasteiger partial charge >= 0.3 is 0 Å². The van der Waals surface area contributed by atoms with E-state index in [1.54, 1.807) is 0 Å². The number of hydrogen-bond acceptors (Lipinski definition) is 3. The van der Waals surface area contributed by atoms with E-state index in [1.165, 1.54) is 7.11 Å². The van der Waals surface area contributed by atoms with Crippen molar-refractivity contribution in [3.63, 3.8) is 0 Å². The summed E-state index contributed by atoms with van der Waals surface area (Å²) in [5, 5.41) is 0. The SMILES string of the molecule is COCC(=O)CC(N)C(C)(C)C. The van der Waals surface area contributed by atoms with Crippen LogP contribution in [0.2, 0.25) is 0 Å². The molecule has 0 spiro atoms. The predicted molar refractivity (Wildman–Crippen MR) is 48.9 cm³/mol. The molecule has 0 radical (unpaired) electrons. The van der Waals surface area contributed by atoms with E-state index in [-0.39, 0.29) is 23.8 Å². The molecule has 2 N–H and O–H groups in total. The van der Waals surface area contributed by atoms with Crippen LogP contribution in [0.3, 0.4) is 0 Å². The Morgan fingerprint density at radius 2 is 2.00 bits per heavy atom. The number of Topliss-reactive ketones (excluding diaryl/α,β-unsaturated/α-hetero) is 1. The summed E-state index contributed by atoms with van der Waals surface area (Å²) in [7, 11) is 1.51. The van der Waals surface area contributed by atoms with Crippen molar-refractivity contribution >= 4 is 5.78 Å². The molecule has 0 heterocycles. The fourth-order valence-electron chi connectivity index (χ4n) is 0.771. The van der Waals surface area contributed by atoms with Gasteiger partial charge in [0.1, 0.15) is 6.61 Å². The van der Waals surface area contributed by atoms with Crippen LogP contribution in [-0.2, 0) is 9.53 Å². The van der Waals surface area contributed by atoms with E-state index in [0.717, 1.165) is 0 Å². The molecule has 0 saturated heterocycles. The molecule has 0 rings (SSSR count). The van der Waals surface area contributed by atoms with E-state index in [9.17, 15) is 4.79 Å². The summed E-state index contributed by atoms with van der Waals surface area (Å²) >= 11 is 0. The van der Waals surface area contributed by atoms with Crippen LogP contribution in [0.4, 0.5) is 0 Å². The summed E-state index contributed by atoms with van der Waals surface area (Å²) in [5.41, 5.74) is 5.80. The summed E-state index contributed by atoms with van der Waals surface area (Å²) < 4.78 is 4.71. The van der Waals surface area contributed by atoms with E-state index in [1.807, 2.05) is 20.8 Å². The van der Waals surface area contributed by atoms with Crippen LogP contribution < -0.4 is 5.73 Å². The number of hydrogen-bond donors (Lipinski definition) is 1. The Hall–Kier alpha value is -0.410. The zero-order chi connectivity index (χ0) is 9.78. The zero-order valence-corrected chi connectivity index (χ0v) is 8.39. The summed E-state index contributed by atoms with van der Waals surface area (Å²) in [5.74, 6) is 0.0694. The lowest BCUT2D eigenvalue weighted by molar-refractivity contribution is -0.123. The lowest BCUT2D eigenvalue weighted by Gasteiger charge is -2.26. The van der Waals surface area contributed by atoms with Gasteiger partial charge in [-0.2, -0.15) is 0 Å². The van der Waals surface area contributed by atoms with Gasteiger partial charge in [0.25, 0.3) is 0 Å². The quantitative estimate of drug-likeness (QED) is 0.689. The topological polar surface area (TPSA) is 52.3 Å². The highest BCUT2D eigenvalue weighted by Gasteiger charge is 2.22. The minimum atomic E-state index is -0.0832. The Morgan fingerprint density at radius 1 is 1.50 bits per heavy atom. The maximum atomic E-state index is 11.1. The molecule has 0 aliphatic heterocycles. The van der Waals surface area contributed by atoms with Crippen molar-refractivity contribution < 1.29 is 9.53 Å². The number of methoxy groups -OCH3 is 1. The number of nitrogens with two attached hydrogens (primary N) is 1. The molecule has 0 amide bonds. The second-order valence-corrected chi connectivity index (χ2v) is 4.15. The van der Waals surface area contributed by atoms with Crippen LogP contribution in [0.15, 0.2) is 0 Å². The molecule has 0 aliphatic carbocycles. The molecule has 0 aromatic heterocycles. The molecule has 0 aromatic rings. The van der Waals surface area contributed by atoms with Crippen molar-refractivity contribution in [1.29, 1.82) is 0 Å². The monoisotopic (exact) mass is 173 g/mol. The summed E-state index contributed by atoms with van der Waals surface area (Å²) in [4.78, 5) is 11.1. The average Bonchev–Trinajstić information content (AvgIpc) is 1.85. The average molecular weight is 173 g/mol. The summed E-state index contributed by atoms with van der Waals surface area (Å²) in [6.45, 7) is 6.25. The standard InChI is InChI=1S/C9H19NO2/c1-9(2,3)8(10)5-7(11)6-12-4/h8H,5-6,10H2,1-4H3. The van der Waals surface area contributed by atoms with Gasteiger partial charge in [-0.15, -0.1) is 0 Å². The normalized spacial score (nSPS) is 14.4. The number of ether oxygens (including phenoxy) is 1. The fraction of sp³-hybridized carbons (Fsp3) is 0.889. The molecule has 0 aliphatic rings. The van der Waals surface area contributed by atoms with E-state index in [2.05, 4.69) is 0 Å². The lowest BCUT2D eigenvalue weighted by atomic mass is 9.84. The number of carbonyl (C=O) groups excluding carboxylic acids is 1. The third-order valence-electron chi connectivity index (χ3n) is 1.87. The highest BCUT2D eigenvalue weighted by Crippen LogP contribution is 2.19. The summed E-state index contributed by atoms with van der Waals surface area (Å²) in [6.07, 6.45) is 0.400. The number of rotatable bonds is 4. The molecule has 3 heteroatoms. The third kappa shape index (κ3) is 4.46. The van der Waals surface area contributed by atoms with Gasteiger partial charge in [0, 0.05) is 19.6 Å². The van der Waals surface area contributed by atoms with Gasteiger partial charge in [0.05, 0.1) is 0 Å². The van der Waals surface area contributed by atoms with Crippen LogP contribution in [0.25, 0.3) is 0 Å². The zero-order valence-electron chi connectivity index (χ0n) is 8.39. The number of ketones is 1. The van der Waals surface area contributed by atoms with E-state index in [4.69, 9.17) is 10.5 Å². The molecule has 0 saturated carbocycles. The Bertz CT molecular complexity index is 149. The molecule has 72 valence electrons. The molecule has 0 bridgehead atoms. The van der Waals surface area contributed by atoms with Crippen LogP contribution in [0, 0.1) is 5.41 Å². The molecular formula is C9H19NO2. The van der Waals surface area contributed by atoms with Gasteiger partial charge in [0.2, 0.25) is 0 Å². The fourth-order valence-corrected chi connectivity index (χ4v) is 0.771. The van der Waals surface area contributed by atoms with Crippen molar-refractivity contribution in [2.24, 2.45) is 11.1 Å². The van der Waals surface area contributed by atoms with Gasteiger partial charge in [-0.3, -0.25) is 4.79 Å². The molecule has 3 nitrogen and oxygen atoms in total. The van der Waals surface area contributed by atoms with Gasteiger partial charge in [-0.05, 0) is 5.41 Å². The van der Waals surface area contributed by atoms with Crippen LogP contribution in [0.1, 0.15) is 27.2 Å². The van der Waals surface area contributed by atoms with Gasteiger partial charge in [-0.25, -0.2) is 0 Å². The lowest BCUT2D eigenvalue weighted by Crippen LogP contribution is -2.37. The first-order chi connectivity index (χ1) is 5.38. The maximum absolute atomic E-state index is 11.1. The van der Waals surface area contributed by atoms with Crippen molar-refractivity contribution in [3.05, 3.63) is 0 Å². The molecule has 0 aromatic carbocycles. The first kappa shape index (κ1) is 11.6. The minimum absolute atomic E-state index is 0.0105. The van der Waals surface area contributed by atoms with Crippen molar-refractivity contribution in [3.8, 4) is 0 Å². The third-order valence-corrected chi connectivity index (χ3v) is 1.87. The van der Waals surface area contributed by atoms with Crippen LogP contribution in [0.5, 0.6) is 0 Å². The second-order valence-electron chi connectivity index (χ2n) is 4.15. The first-order valence-electron chi connectivity index (χ1n) is 4.14. The summed E-state index contributed by atoms with van der Waals surface area (Å²) in [6, 6.07) is -0.0832. The second kappa shape index (κ2) is 4.58. The largest absolute Gasteiger partial charge is 0.377 e. The molecule has 12 heavy (non-hydrogen) atoms. The Kier molecular flexibility index (Phi) is 4.42.